The van der Waals surface area contributed by atoms with Crippen LogP contribution in [0.4, 0.5) is 5.69 Å². The van der Waals surface area contributed by atoms with Crippen molar-refractivity contribution in [1.29, 1.82) is 0 Å². The maximum absolute atomic E-state index is 12.2. The van der Waals surface area contributed by atoms with E-state index in [9.17, 15) is 4.79 Å². The quantitative estimate of drug-likeness (QED) is 0.719. The van der Waals surface area contributed by atoms with Gasteiger partial charge in [-0.25, -0.2) is 0 Å². The lowest BCUT2D eigenvalue weighted by Crippen LogP contribution is -2.58. The second-order valence-electron chi connectivity index (χ2n) is 5.22. The summed E-state index contributed by atoms with van der Waals surface area (Å²) in [6, 6.07) is 5.88. The molecule has 1 fully saturated rings. The molecule has 0 aromatic heterocycles. The van der Waals surface area contributed by atoms with Crippen LogP contribution in [0.5, 0.6) is 0 Å². The number of anilines is 1. The topological polar surface area (TPSA) is 41.1 Å². The van der Waals surface area contributed by atoms with Gasteiger partial charge in [-0.3, -0.25) is 4.79 Å². The summed E-state index contributed by atoms with van der Waals surface area (Å²) in [5, 5.41) is 6.74. The molecule has 0 atom stereocenters. The van der Waals surface area contributed by atoms with Gasteiger partial charge < -0.3 is 10.6 Å². The van der Waals surface area contributed by atoms with Crippen LogP contribution < -0.4 is 10.6 Å². The van der Waals surface area contributed by atoms with Crippen LogP contribution in [0.3, 0.4) is 0 Å². The molecule has 0 saturated heterocycles. The molecule has 3 heteroatoms. The standard InChI is InChI=1S/C14H18N2O/c1-10-6-5-7-11-12(10)15-14(16-13(11)17)8-3-2-4-9-14/h5-7,15H,2-4,8-9H2,1H3,(H,16,17). The lowest BCUT2D eigenvalue weighted by atomic mass is 9.86. The summed E-state index contributed by atoms with van der Waals surface area (Å²) < 4.78 is 0. The molecule has 1 aromatic carbocycles. The van der Waals surface area contributed by atoms with Gasteiger partial charge in [0.1, 0.15) is 5.66 Å². The lowest BCUT2D eigenvalue weighted by molar-refractivity contribution is 0.0876. The Bertz CT molecular complexity index is 461. The van der Waals surface area contributed by atoms with E-state index in [0.717, 1.165) is 29.7 Å². The second kappa shape index (κ2) is 3.76. The van der Waals surface area contributed by atoms with Crippen molar-refractivity contribution < 1.29 is 4.79 Å². The van der Waals surface area contributed by atoms with E-state index in [-0.39, 0.29) is 11.6 Å². The summed E-state index contributed by atoms with van der Waals surface area (Å²) in [6.07, 6.45) is 5.72. The molecule has 1 aliphatic carbocycles. The molecule has 17 heavy (non-hydrogen) atoms. The summed E-state index contributed by atoms with van der Waals surface area (Å²) in [5.74, 6) is 0.0735. The number of rotatable bonds is 0. The first kappa shape index (κ1) is 10.6. The van der Waals surface area contributed by atoms with Gasteiger partial charge in [0, 0.05) is 0 Å². The predicted molar refractivity (Wildman–Crippen MR) is 68.1 cm³/mol. The Balaban J connectivity index is 2.02. The number of amides is 1. The molecule has 1 spiro atoms. The number of para-hydroxylation sites is 1. The summed E-state index contributed by atoms with van der Waals surface area (Å²) in [4.78, 5) is 12.2. The minimum atomic E-state index is -0.186. The fourth-order valence-electron chi connectivity index (χ4n) is 2.98. The first-order chi connectivity index (χ1) is 8.20. The highest BCUT2D eigenvalue weighted by Gasteiger charge is 2.38. The molecule has 3 rings (SSSR count). The van der Waals surface area contributed by atoms with E-state index in [4.69, 9.17) is 0 Å². The van der Waals surface area contributed by atoms with E-state index < -0.39 is 0 Å². The first-order valence-corrected chi connectivity index (χ1v) is 6.41. The van der Waals surface area contributed by atoms with E-state index in [1.54, 1.807) is 0 Å². The SMILES string of the molecule is Cc1cccc2c1NC1(CCCCC1)NC2=O. The Morgan fingerprint density at radius 3 is 2.65 bits per heavy atom. The van der Waals surface area contributed by atoms with Gasteiger partial charge in [-0.1, -0.05) is 18.6 Å². The van der Waals surface area contributed by atoms with Crippen molar-refractivity contribution in [3.05, 3.63) is 29.3 Å². The maximum atomic E-state index is 12.2. The number of carbonyl (C=O) groups is 1. The van der Waals surface area contributed by atoms with Gasteiger partial charge in [0.15, 0.2) is 0 Å². The predicted octanol–water partition coefficient (Wildman–Crippen LogP) is 2.81. The Kier molecular flexibility index (Phi) is 2.35. The molecule has 1 heterocycles. The van der Waals surface area contributed by atoms with Gasteiger partial charge in [0.05, 0.1) is 11.3 Å². The van der Waals surface area contributed by atoms with Crippen molar-refractivity contribution in [2.45, 2.75) is 44.7 Å². The van der Waals surface area contributed by atoms with Crippen LogP contribution in [-0.2, 0) is 0 Å². The number of hydrogen-bond acceptors (Lipinski definition) is 2. The zero-order valence-corrected chi connectivity index (χ0v) is 10.2. The summed E-state index contributed by atoms with van der Waals surface area (Å²) in [6.45, 7) is 2.06. The number of hydrogen-bond donors (Lipinski definition) is 2. The molecule has 3 nitrogen and oxygen atoms in total. The highest BCUT2D eigenvalue weighted by Crippen LogP contribution is 2.35. The zero-order valence-electron chi connectivity index (χ0n) is 10.2. The van der Waals surface area contributed by atoms with Crippen molar-refractivity contribution in [3.8, 4) is 0 Å². The molecule has 2 N–H and O–H groups in total. The average Bonchev–Trinajstić information content (AvgIpc) is 2.32. The van der Waals surface area contributed by atoms with Gasteiger partial charge in [-0.15, -0.1) is 0 Å². The lowest BCUT2D eigenvalue weighted by Gasteiger charge is -2.43. The van der Waals surface area contributed by atoms with Gasteiger partial charge >= 0.3 is 0 Å². The van der Waals surface area contributed by atoms with Crippen molar-refractivity contribution >= 4 is 11.6 Å². The molecule has 1 aliphatic heterocycles. The van der Waals surface area contributed by atoms with E-state index in [1.807, 2.05) is 12.1 Å². The molecule has 90 valence electrons. The number of benzene rings is 1. The van der Waals surface area contributed by atoms with E-state index >= 15 is 0 Å². The first-order valence-electron chi connectivity index (χ1n) is 6.41. The number of aryl methyl sites for hydroxylation is 1. The molecular weight excluding hydrogens is 212 g/mol. The Morgan fingerprint density at radius 2 is 1.88 bits per heavy atom. The van der Waals surface area contributed by atoms with Crippen LogP contribution in [0.1, 0.15) is 48.0 Å². The normalized spacial score (nSPS) is 21.6. The molecule has 2 aliphatic rings. The van der Waals surface area contributed by atoms with E-state index in [0.29, 0.717) is 0 Å². The summed E-state index contributed by atoms with van der Waals surface area (Å²) >= 11 is 0. The van der Waals surface area contributed by atoms with Crippen molar-refractivity contribution in [2.75, 3.05) is 5.32 Å². The smallest absolute Gasteiger partial charge is 0.255 e. The van der Waals surface area contributed by atoms with Crippen LogP contribution >= 0.6 is 0 Å². The largest absolute Gasteiger partial charge is 0.362 e. The highest BCUT2D eigenvalue weighted by atomic mass is 16.2. The van der Waals surface area contributed by atoms with Crippen molar-refractivity contribution in [3.63, 3.8) is 0 Å². The van der Waals surface area contributed by atoms with Crippen LogP contribution in [0.25, 0.3) is 0 Å². The van der Waals surface area contributed by atoms with Gasteiger partial charge in [-0.05, 0) is 44.2 Å². The summed E-state index contributed by atoms with van der Waals surface area (Å²) in [5.41, 5.74) is 2.77. The fraction of sp³-hybridized carbons (Fsp3) is 0.500. The van der Waals surface area contributed by atoms with Crippen molar-refractivity contribution in [2.24, 2.45) is 0 Å². The zero-order chi connectivity index (χ0) is 11.9. The Labute approximate surface area is 102 Å². The monoisotopic (exact) mass is 230 g/mol. The van der Waals surface area contributed by atoms with Crippen LogP contribution in [0.2, 0.25) is 0 Å². The third-order valence-corrected chi connectivity index (χ3v) is 3.94. The number of carbonyl (C=O) groups excluding carboxylic acids is 1. The second-order valence-corrected chi connectivity index (χ2v) is 5.22. The summed E-state index contributed by atoms with van der Waals surface area (Å²) in [7, 11) is 0. The van der Waals surface area contributed by atoms with Gasteiger partial charge in [0.2, 0.25) is 0 Å². The van der Waals surface area contributed by atoms with Gasteiger partial charge in [0.25, 0.3) is 5.91 Å². The minimum Gasteiger partial charge on any atom is -0.362 e. The number of nitrogens with one attached hydrogen (secondary N) is 2. The fourth-order valence-corrected chi connectivity index (χ4v) is 2.98. The highest BCUT2D eigenvalue weighted by molar-refractivity contribution is 6.02. The van der Waals surface area contributed by atoms with E-state index in [1.165, 1.54) is 19.3 Å². The van der Waals surface area contributed by atoms with Crippen LogP contribution in [0, 0.1) is 6.92 Å². The van der Waals surface area contributed by atoms with Crippen molar-refractivity contribution in [1.82, 2.24) is 5.32 Å². The van der Waals surface area contributed by atoms with Gasteiger partial charge in [-0.2, -0.15) is 0 Å². The third-order valence-electron chi connectivity index (χ3n) is 3.94. The molecule has 0 radical (unpaired) electrons. The average molecular weight is 230 g/mol. The molecule has 1 saturated carbocycles. The minimum absolute atomic E-state index is 0.0735. The van der Waals surface area contributed by atoms with Crippen LogP contribution in [0.15, 0.2) is 18.2 Å². The molecule has 1 amide bonds. The molecule has 0 bridgehead atoms. The van der Waals surface area contributed by atoms with Crippen LogP contribution in [-0.4, -0.2) is 11.6 Å². The Morgan fingerprint density at radius 1 is 1.12 bits per heavy atom. The maximum Gasteiger partial charge on any atom is 0.255 e. The third kappa shape index (κ3) is 1.70. The van der Waals surface area contributed by atoms with E-state index in [2.05, 4.69) is 23.6 Å². The Hall–Kier alpha value is -1.51. The molecular formula is C14H18N2O. The molecule has 1 aromatic rings. The number of fused-ring (bicyclic) bond motifs is 1. The molecule has 0 unspecified atom stereocenters.